The van der Waals surface area contributed by atoms with E-state index in [1.165, 1.54) is 18.5 Å². The van der Waals surface area contributed by atoms with Crippen molar-refractivity contribution in [2.45, 2.75) is 26.4 Å². The van der Waals surface area contributed by atoms with Crippen LogP contribution in [0.25, 0.3) is 6.08 Å². The number of carbonyl (C=O) groups excluding carboxylic acids is 1. The molecule has 0 atom stereocenters. The molecule has 0 unspecified atom stereocenters. The van der Waals surface area contributed by atoms with Crippen LogP contribution in [0, 0.1) is 0 Å². The second-order valence-corrected chi connectivity index (χ2v) is 4.64. The van der Waals surface area contributed by atoms with Crippen molar-refractivity contribution in [3.05, 3.63) is 24.0 Å². The Bertz CT molecular complexity index is 489. The number of hydrogen-bond acceptors (Lipinski definition) is 5. The van der Waals surface area contributed by atoms with Gasteiger partial charge in [-0.3, -0.25) is 5.32 Å². The molecule has 0 spiro atoms. The van der Waals surface area contributed by atoms with Gasteiger partial charge in [-0.25, -0.2) is 19.6 Å². The smallest absolute Gasteiger partial charge is 0.414 e. The standard InChI is InChI=1S/C12H15N3O4/c1-12(2,3)19-11(18)15-10-13-6-8(7-14-10)4-5-9(16)17/h4-7H,1-3H3,(H,16,17)(H,13,14,15,18). The molecule has 2 N–H and O–H groups in total. The second kappa shape index (κ2) is 5.94. The summed E-state index contributed by atoms with van der Waals surface area (Å²) in [6.07, 6.45) is 4.44. The van der Waals surface area contributed by atoms with Crippen LogP contribution in [0.15, 0.2) is 18.5 Å². The number of aromatic nitrogens is 2. The number of amides is 1. The van der Waals surface area contributed by atoms with Crippen molar-refractivity contribution in [1.82, 2.24) is 9.97 Å². The third kappa shape index (κ3) is 6.16. The number of carbonyl (C=O) groups is 2. The highest BCUT2D eigenvalue weighted by molar-refractivity contribution is 5.85. The third-order valence-electron chi connectivity index (χ3n) is 1.70. The minimum Gasteiger partial charge on any atom is -0.478 e. The van der Waals surface area contributed by atoms with Crippen molar-refractivity contribution in [1.29, 1.82) is 0 Å². The van der Waals surface area contributed by atoms with E-state index in [0.29, 0.717) is 5.56 Å². The summed E-state index contributed by atoms with van der Waals surface area (Å²) < 4.78 is 5.03. The van der Waals surface area contributed by atoms with Crippen molar-refractivity contribution >= 4 is 24.1 Å². The first kappa shape index (κ1) is 14.6. The number of nitrogens with zero attached hydrogens (tertiary/aromatic N) is 2. The first-order valence-corrected chi connectivity index (χ1v) is 5.49. The molecule has 0 bridgehead atoms. The van der Waals surface area contributed by atoms with Gasteiger partial charge in [0.05, 0.1) is 0 Å². The largest absolute Gasteiger partial charge is 0.478 e. The number of rotatable bonds is 3. The maximum Gasteiger partial charge on any atom is 0.414 e. The summed E-state index contributed by atoms with van der Waals surface area (Å²) in [5, 5.41) is 10.8. The van der Waals surface area contributed by atoms with Crippen molar-refractivity contribution < 1.29 is 19.4 Å². The zero-order valence-electron chi connectivity index (χ0n) is 10.9. The van der Waals surface area contributed by atoms with Gasteiger partial charge in [-0.05, 0) is 26.8 Å². The molecule has 1 heterocycles. The van der Waals surface area contributed by atoms with Crippen LogP contribution < -0.4 is 5.32 Å². The van der Waals surface area contributed by atoms with E-state index in [0.717, 1.165) is 6.08 Å². The fraction of sp³-hybridized carbons (Fsp3) is 0.333. The summed E-state index contributed by atoms with van der Waals surface area (Å²) >= 11 is 0. The lowest BCUT2D eigenvalue weighted by Crippen LogP contribution is -2.27. The van der Waals surface area contributed by atoms with Gasteiger partial charge in [0.2, 0.25) is 5.95 Å². The zero-order chi connectivity index (χ0) is 14.5. The molecular weight excluding hydrogens is 250 g/mol. The molecule has 1 aromatic heterocycles. The fourth-order valence-electron chi connectivity index (χ4n) is 1.05. The van der Waals surface area contributed by atoms with Gasteiger partial charge in [-0.1, -0.05) is 0 Å². The van der Waals surface area contributed by atoms with E-state index in [2.05, 4.69) is 15.3 Å². The number of carboxylic acid groups (broad SMARTS) is 1. The van der Waals surface area contributed by atoms with Gasteiger partial charge < -0.3 is 9.84 Å². The minimum absolute atomic E-state index is 0.0849. The van der Waals surface area contributed by atoms with Gasteiger partial charge in [0.15, 0.2) is 0 Å². The first-order chi connectivity index (χ1) is 8.76. The quantitative estimate of drug-likeness (QED) is 0.809. The van der Waals surface area contributed by atoms with Gasteiger partial charge in [0.1, 0.15) is 5.60 Å². The molecular formula is C12H15N3O4. The van der Waals surface area contributed by atoms with Crippen molar-refractivity contribution in [3.8, 4) is 0 Å². The van der Waals surface area contributed by atoms with Crippen LogP contribution in [0.3, 0.4) is 0 Å². The Morgan fingerprint density at radius 1 is 1.32 bits per heavy atom. The van der Waals surface area contributed by atoms with E-state index in [-0.39, 0.29) is 5.95 Å². The number of ether oxygens (including phenoxy) is 1. The lowest BCUT2D eigenvalue weighted by molar-refractivity contribution is -0.131. The highest BCUT2D eigenvalue weighted by Crippen LogP contribution is 2.09. The highest BCUT2D eigenvalue weighted by atomic mass is 16.6. The summed E-state index contributed by atoms with van der Waals surface area (Å²) in [6.45, 7) is 5.23. The predicted octanol–water partition coefficient (Wildman–Crippen LogP) is 1.92. The number of anilines is 1. The SMILES string of the molecule is CC(C)(C)OC(=O)Nc1ncc(C=CC(=O)O)cn1. The summed E-state index contributed by atoms with van der Waals surface area (Å²) in [4.78, 5) is 29.5. The molecule has 0 saturated carbocycles. The first-order valence-electron chi connectivity index (χ1n) is 5.49. The van der Waals surface area contributed by atoms with E-state index < -0.39 is 17.7 Å². The average Bonchev–Trinajstić information content (AvgIpc) is 2.25. The molecule has 0 aliphatic heterocycles. The van der Waals surface area contributed by atoms with Crippen LogP contribution >= 0.6 is 0 Å². The Hall–Kier alpha value is -2.44. The Kier molecular flexibility index (Phi) is 4.57. The number of aliphatic carboxylic acids is 1. The van der Waals surface area contributed by atoms with Gasteiger partial charge in [0, 0.05) is 24.0 Å². The number of nitrogens with one attached hydrogen (secondary N) is 1. The average molecular weight is 265 g/mol. The van der Waals surface area contributed by atoms with Crippen LogP contribution in [0.2, 0.25) is 0 Å². The molecule has 7 nitrogen and oxygen atoms in total. The summed E-state index contributed by atoms with van der Waals surface area (Å²) in [6, 6.07) is 0. The zero-order valence-corrected chi connectivity index (χ0v) is 10.9. The fourth-order valence-corrected chi connectivity index (χ4v) is 1.05. The molecule has 102 valence electrons. The predicted molar refractivity (Wildman–Crippen MR) is 68.6 cm³/mol. The van der Waals surface area contributed by atoms with Crippen LogP contribution in [-0.4, -0.2) is 32.7 Å². The summed E-state index contributed by atoms with van der Waals surface area (Å²) in [5.41, 5.74) is -0.0917. The third-order valence-corrected chi connectivity index (χ3v) is 1.70. The normalized spacial score (nSPS) is 11.3. The Morgan fingerprint density at radius 2 is 1.89 bits per heavy atom. The van der Waals surface area contributed by atoms with Crippen molar-refractivity contribution in [2.75, 3.05) is 5.32 Å². The topological polar surface area (TPSA) is 101 Å². The Labute approximate surface area is 110 Å². The van der Waals surface area contributed by atoms with E-state index in [9.17, 15) is 9.59 Å². The molecule has 0 saturated heterocycles. The van der Waals surface area contributed by atoms with Gasteiger partial charge >= 0.3 is 12.1 Å². The van der Waals surface area contributed by atoms with Gasteiger partial charge in [-0.2, -0.15) is 0 Å². The summed E-state index contributed by atoms with van der Waals surface area (Å²) in [5.74, 6) is -0.974. The molecule has 7 heteroatoms. The Morgan fingerprint density at radius 3 is 2.37 bits per heavy atom. The highest BCUT2D eigenvalue weighted by Gasteiger charge is 2.16. The van der Waals surface area contributed by atoms with Crippen LogP contribution in [-0.2, 0) is 9.53 Å². The van der Waals surface area contributed by atoms with E-state index in [1.54, 1.807) is 20.8 Å². The minimum atomic E-state index is -1.06. The lowest BCUT2D eigenvalue weighted by atomic mass is 10.2. The molecule has 1 amide bonds. The van der Waals surface area contributed by atoms with E-state index >= 15 is 0 Å². The monoisotopic (exact) mass is 265 g/mol. The summed E-state index contributed by atoms with van der Waals surface area (Å²) in [7, 11) is 0. The molecule has 1 rings (SSSR count). The van der Waals surface area contributed by atoms with Gasteiger partial charge in [0.25, 0.3) is 0 Å². The number of carboxylic acids is 1. The molecule has 0 aromatic carbocycles. The maximum absolute atomic E-state index is 11.4. The van der Waals surface area contributed by atoms with E-state index in [4.69, 9.17) is 9.84 Å². The van der Waals surface area contributed by atoms with Gasteiger partial charge in [-0.15, -0.1) is 0 Å². The maximum atomic E-state index is 11.4. The molecule has 0 fully saturated rings. The second-order valence-electron chi connectivity index (χ2n) is 4.64. The molecule has 0 aliphatic carbocycles. The Balaban J connectivity index is 2.62. The molecule has 0 aliphatic rings. The van der Waals surface area contributed by atoms with Crippen LogP contribution in [0.1, 0.15) is 26.3 Å². The van der Waals surface area contributed by atoms with Crippen molar-refractivity contribution in [2.24, 2.45) is 0 Å². The molecule has 19 heavy (non-hydrogen) atoms. The molecule has 1 aromatic rings. The van der Waals surface area contributed by atoms with Crippen molar-refractivity contribution in [3.63, 3.8) is 0 Å². The number of hydrogen-bond donors (Lipinski definition) is 2. The van der Waals surface area contributed by atoms with Crippen LogP contribution in [0.4, 0.5) is 10.7 Å². The van der Waals surface area contributed by atoms with Crippen LogP contribution in [0.5, 0.6) is 0 Å². The van der Waals surface area contributed by atoms with E-state index in [1.807, 2.05) is 0 Å². The lowest BCUT2D eigenvalue weighted by Gasteiger charge is -2.19. The molecule has 0 radical (unpaired) electrons.